The molecule has 1 fully saturated rings. The summed E-state index contributed by atoms with van der Waals surface area (Å²) in [5.74, 6) is 0. The van der Waals surface area contributed by atoms with Gasteiger partial charge in [-0.25, -0.2) is 4.72 Å². The topological polar surface area (TPSA) is 52.7 Å². The first-order chi connectivity index (χ1) is 9.90. The molecule has 1 unspecified atom stereocenters. The lowest BCUT2D eigenvalue weighted by Crippen LogP contribution is -2.41. The zero-order chi connectivity index (χ0) is 15.5. The van der Waals surface area contributed by atoms with E-state index in [0.29, 0.717) is 11.6 Å². The Hall–Kier alpha value is -0.660. The summed E-state index contributed by atoms with van der Waals surface area (Å²) in [4.78, 5) is 2.31. The van der Waals surface area contributed by atoms with Gasteiger partial charge in [0.2, 0.25) is 0 Å². The first-order valence-electron chi connectivity index (χ1n) is 7.07. The molecule has 1 saturated heterocycles. The lowest BCUT2D eigenvalue weighted by molar-refractivity contribution is 0.245. The van der Waals surface area contributed by atoms with Crippen LogP contribution in [0.3, 0.4) is 0 Å². The van der Waals surface area contributed by atoms with E-state index in [1.165, 1.54) is 18.4 Å². The highest BCUT2D eigenvalue weighted by atomic mass is 35.5. The van der Waals surface area contributed by atoms with Crippen molar-refractivity contribution in [3.63, 3.8) is 0 Å². The summed E-state index contributed by atoms with van der Waals surface area (Å²) in [6, 6.07) is 7.66. The molecular formula is C14H22ClN3O2S. The molecule has 0 spiro atoms. The van der Waals surface area contributed by atoms with Crippen LogP contribution < -0.4 is 4.72 Å². The predicted molar refractivity (Wildman–Crippen MR) is 85.6 cm³/mol. The molecular weight excluding hydrogens is 310 g/mol. The van der Waals surface area contributed by atoms with Crippen LogP contribution in [0.25, 0.3) is 0 Å². The minimum atomic E-state index is -3.42. The van der Waals surface area contributed by atoms with Crippen LogP contribution >= 0.6 is 11.6 Å². The molecule has 2 rings (SSSR count). The van der Waals surface area contributed by atoms with E-state index >= 15 is 0 Å². The number of hydrogen-bond donors (Lipinski definition) is 1. The molecule has 0 aliphatic carbocycles. The number of likely N-dealkylation sites (tertiary alicyclic amines) is 1. The van der Waals surface area contributed by atoms with Gasteiger partial charge in [-0.2, -0.15) is 12.7 Å². The number of benzene rings is 1. The standard InChI is InChI=1S/C14H22ClN3O2S/c1-17(2)21(19,20)16-11-14(18-8-3-4-9-18)12-6-5-7-13(15)10-12/h5-7,10,14,16H,3-4,8-9,11H2,1-2H3. The van der Waals surface area contributed by atoms with E-state index in [-0.39, 0.29) is 6.04 Å². The Labute approximate surface area is 132 Å². The van der Waals surface area contributed by atoms with E-state index in [1.54, 1.807) is 0 Å². The molecule has 1 aromatic rings. The Balaban J connectivity index is 2.17. The SMILES string of the molecule is CN(C)S(=O)(=O)NCC(c1cccc(Cl)c1)N1CCCC1. The summed E-state index contributed by atoms with van der Waals surface area (Å²) in [5, 5.41) is 0.673. The van der Waals surface area contributed by atoms with Gasteiger partial charge in [0.25, 0.3) is 10.2 Å². The average Bonchev–Trinajstić information content (AvgIpc) is 2.92. The van der Waals surface area contributed by atoms with Gasteiger partial charge in [-0.1, -0.05) is 23.7 Å². The molecule has 7 heteroatoms. The van der Waals surface area contributed by atoms with E-state index in [1.807, 2.05) is 24.3 Å². The highest BCUT2D eigenvalue weighted by Crippen LogP contribution is 2.26. The Kier molecular flexibility index (Phi) is 5.62. The molecule has 1 heterocycles. The highest BCUT2D eigenvalue weighted by Gasteiger charge is 2.25. The molecule has 1 aliphatic rings. The second-order valence-electron chi connectivity index (χ2n) is 5.45. The Bertz CT molecular complexity index is 571. The largest absolute Gasteiger partial charge is 0.295 e. The normalized spacial score (nSPS) is 18.3. The maximum atomic E-state index is 11.9. The van der Waals surface area contributed by atoms with Gasteiger partial charge >= 0.3 is 0 Å². The number of halogens is 1. The van der Waals surface area contributed by atoms with Crippen molar-refractivity contribution in [2.45, 2.75) is 18.9 Å². The molecule has 0 amide bonds. The summed E-state index contributed by atoms with van der Waals surface area (Å²) < 4.78 is 27.7. The van der Waals surface area contributed by atoms with Crippen molar-refractivity contribution in [1.82, 2.24) is 13.9 Å². The fourth-order valence-corrected chi connectivity index (χ4v) is 3.36. The molecule has 1 aliphatic heterocycles. The van der Waals surface area contributed by atoms with Crippen LogP contribution in [0.1, 0.15) is 24.4 Å². The summed E-state index contributed by atoms with van der Waals surface area (Å²) in [6.45, 7) is 2.32. The maximum Gasteiger partial charge on any atom is 0.278 e. The first kappa shape index (κ1) is 16.7. The predicted octanol–water partition coefficient (Wildman–Crippen LogP) is 1.87. The molecule has 5 nitrogen and oxygen atoms in total. The second-order valence-corrected chi connectivity index (χ2v) is 7.86. The van der Waals surface area contributed by atoms with Crippen molar-refractivity contribution in [3.8, 4) is 0 Å². The summed E-state index contributed by atoms with van der Waals surface area (Å²) in [7, 11) is -0.376. The smallest absolute Gasteiger partial charge is 0.278 e. The maximum absolute atomic E-state index is 11.9. The van der Waals surface area contributed by atoms with Crippen molar-refractivity contribution in [2.24, 2.45) is 0 Å². The molecule has 1 aromatic carbocycles. The number of nitrogens with one attached hydrogen (secondary N) is 1. The van der Waals surface area contributed by atoms with Crippen molar-refractivity contribution in [2.75, 3.05) is 33.7 Å². The zero-order valence-electron chi connectivity index (χ0n) is 12.4. The van der Waals surface area contributed by atoms with Gasteiger partial charge in [-0.05, 0) is 43.6 Å². The molecule has 1 atom stereocenters. The third-order valence-corrected chi connectivity index (χ3v) is 5.48. The monoisotopic (exact) mass is 331 g/mol. The summed E-state index contributed by atoms with van der Waals surface area (Å²) >= 11 is 6.07. The Morgan fingerprint density at radius 3 is 2.57 bits per heavy atom. The fourth-order valence-electron chi connectivity index (χ4n) is 2.54. The third-order valence-electron chi connectivity index (χ3n) is 3.75. The Morgan fingerprint density at radius 2 is 2.00 bits per heavy atom. The van der Waals surface area contributed by atoms with Crippen molar-refractivity contribution in [3.05, 3.63) is 34.9 Å². The van der Waals surface area contributed by atoms with Crippen LogP contribution in [0.2, 0.25) is 5.02 Å². The van der Waals surface area contributed by atoms with E-state index < -0.39 is 10.2 Å². The molecule has 0 aromatic heterocycles. The van der Waals surface area contributed by atoms with Crippen LogP contribution in [0.5, 0.6) is 0 Å². The molecule has 21 heavy (non-hydrogen) atoms. The van der Waals surface area contributed by atoms with Crippen molar-refractivity contribution < 1.29 is 8.42 Å². The molecule has 0 saturated carbocycles. The first-order valence-corrected chi connectivity index (χ1v) is 8.88. The van der Waals surface area contributed by atoms with Gasteiger partial charge in [0.1, 0.15) is 0 Å². The minimum Gasteiger partial charge on any atom is -0.295 e. The zero-order valence-corrected chi connectivity index (χ0v) is 14.0. The lowest BCUT2D eigenvalue weighted by atomic mass is 10.1. The van der Waals surface area contributed by atoms with Gasteiger partial charge in [-0.15, -0.1) is 0 Å². The lowest BCUT2D eigenvalue weighted by Gasteiger charge is -2.28. The van der Waals surface area contributed by atoms with E-state index in [4.69, 9.17) is 11.6 Å². The van der Waals surface area contributed by atoms with E-state index in [2.05, 4.69) is 9.62 Å². The minimum absolute atomic E-state index is 0.0147. The molecule has 0 bridgehead atoms. The van der Waals surface area contributed by atoms with Crippen molar-refractivity contribution in [1.29, 1.82) is 0 Å². The fraction of sp³-hybridized carbons (Fsp3) is 0.571. The van der Waals surface area contributed by atoms with Crippen LogP contribution in [0.15, 0.2) is 24.3 Å². The van der Waals surface area contributed by atoms with E-state index in [9.17, 15) is 8.42 Å². The van der Waals surface area contributed by atoms with Crippen LogP contribution in [0, 0.1) is 0 Å². The van der Waals surface area contributed by atoms with Gasteiger partial charge < -0.3 is 0 Å². The van der Waals surface area contributed by atoms with Gasteiger partial charge in [-0.3, -0.25) is 4.90 Å². The number of rotatable bonds is 6. The molecule has 1 N–H and O–H groups in total. The average molecular weight is 332 g/mol. The third kappa shape index (κ3) is 4.40. The number of nitrogens with zero attached hydrogens (tertiary/aromatic N) is 2. The van der Waals surface area contributed by atoms with E-state index in [0.717, 1.165) is 31.5 Å². The summed E-state index contributed by atoms with van der Waals surface area (Å²) in [5.41, 5.74) is 1.05. The summed E-state index contributed by atoms with van der Waals surface area (Å²) in [6.07, 6.45) is 2.30. The van der Waals surface area contributed by atoms with Gasteiger partial charge in [0, 0.05) is 31.7 Å². The van der Waals surface area contributed by atoms with Gasteiger partial charge in [0.05, 0.1) is 0 Å². The van der Waals surface area contributed by atoms with Crippen LogP contribution in [-0.2, 0) is 10.2 Å². The van der Waals surface area contributed by atoms with Gasteiger partial charge in [0.15, 0.2) is 0 Å². The van der Waals surface area contributed by atoms with Crippen molar-refractivity contribution >= 4 is 21.8 Å². The Morgan fingerprint density at radius 1 is 1.33 bits per heavy atom. The number of hydrogen-bond acceptors (Lipinski definition) is 3. The van der Waals surface area contributed by atoms with Crippen LogP contribution in [0.4, 0.5) is 0 Å². The van der Waals surface area contributed by atoms with Crippen LogP contribution in [-0.4, -0.2) is 51.4 Å². The quantitative estimate of drug-likeness (QED) is 0.866. The highest BCUT2D eigenvalue weighted by molar-refractivity contribution is 7.87. The second kappa shape index (κ2) is 7.07. The molecule has 118 valence electrons. The molecule has 0 radical (unpaired) electrons.